The Labute approximate surface area is 195 Å². The summed E-state index contributed by atoms with van der Waals surface area (Å²) in [4.78, 5) is 41.3. The molecule has 3 rings (SSSR count). The highest BCUT2D eigenvalue weighted by Crippen LogP contribution is 2.34. The Morgan fingerprint density at radius 3 is 2.75 bits per heavy atom. The number of amides is 2. The summed E-state index contributed by atoms with van der Waals surface area (Å²) in [7, 11) is 1.57. The number of unbranched alkanes of at least 4 members (excludes halogenated alkanes) is 3. The molecule has 1 unspecified atom stereocenters. The van der Waals surface area contributed by atoms with E-state index in [0.29, 0.717) is 18.5 Å². The van der Waals surface area contributed by atoms with Gasteiger partial charge >= 0.3 is 0 Å². The molecule has 32 heavy (non-hydrogen) atoms. The predicted molar refractivity (Wildman–Crippen MR) is 126 cm³/mol. The van der Waals surface area contributed by atoms with Gasteiger partial charge in [-0.05, 0) is 49.3 Å². The number of hydrogen-bond acceptors (Lipinski definition) is 6. The molecule has 2 amide bonds. The van der Waals surface area contributed by atoms with Crippen LogP contribution in [0.4, 0.5) is 0 Å². The molecule has 0 aliphatic carbocycles. The summed E-state index contributed by atoms with van der Waals surface area (Å²) in [6, 6.07) is 5.26. The molecular weight excluding hydrogens is 426 g/mol. The number of aldehydes is 1. The summed E-state index contributed by atoms with van der Waals surface area (Å²) in [5.41, 5.74) is 1.70. The van der Waals surface area contributed by atoms with Gasteiger partial charge in [-0.1, -0.05) is 18.9 Å². The zero-order valence-electron chi connectivity index (χ0n) is 19.0. The lowest BCUT2D eigenvalue weighted by Gasteiger charge is -2.26. The van der Waals surface area contributed by atoms with Gasteiger partial charge in [-0.3, -0.25) is 14.5 Å². The first-order valence-corrected chi connectivity index (χ1v) is 12.6. The third-order valence-electron chi connectivity index (χ3n) is 6.19. The molecule has 1 aromatic rings. The first-order chi connectivity index (χ1) is 15.6. The van der Waals surface area contributed by atoms with Gasteiger partial charge in [0, 0.05) is 43.6 Å². The average Bonchev–Trinajstić information content (AvgIpc) is 3.16. The second-order valence-corrected chi connectivity index (χ2v) is 9.48. The van der Waals surface area contributed by atoms with Crippen molar-refractivity contribution in [1.82, 2.24) is 15.1 Å². The lowest BCUT2D eigenvalue weighted by molar-refractivity contribution is -0.121. The van der Waals surface area contributed by atoms with Crippen molar-refractivity contribution in [3.05, 3.63) is 29.3 Å². The summed E-state index contributed by atoms with van der Waals surface area (Å²) in [5, 5.41) is 2.56. The van der Waals surface area contributed by atoms with Crippen molar-refractivity contribution >= 4 is 29.9 Å². The van der Waals surface area contributed by atoms with Crippen LogP contribution in [-0.4, -0.2) is 79.6 Å². The minimum atomic E-state index is -0.573. The Kier molecular flexibility index (Phi) is 10.0. The van der Waals surface area contributed by atoms with E-state index >= 15 is 0 Å². The first-order valence-electron chi connectivity index (χ1n) is 11.7. The van der Waals surface area contributed by atoms with Crippen LogP contribution in [0.15, 0.2) is 23.1 Å². The molecule has 0 aromatic heterocycles. The fourth-order valence-corrected chi connectivity index (χ4v) is 5.32. The first kappa shape index (κ1) is 24.7. The second-order valence-electron chi connectivity index (χ2n) is 8.35. The molecule has 0 radical (unpaired) electrons. The minimum Gasteiger partial charge on any atom is -0.379 e. The molecule has 1 N–H and O–H groups in total. The molecule has 0 saturated carbocycles. The quantitative estimate of drug-likeness (QED) is 0.276. The maximum Gasteiger partial charge on any atom is 0.255 e. The Morgan fingerprint density at radius 1 is 1.22 bits per heavy atom. The third kappa shape index (κ3) is 6.80. The molecule has 1 fully saturated rings. The van der Waals surface area contributed by atoms with Crippen LogP contribution in [0.5, 0.6) is 0 Å². The zero-order chi connectivity index (χ0) is 22.8. The van der Waals surface area contributed by atoms with Crippen LogP contribution in [0.2, 0.25) is 0 Å². The van der Waals surface area contributed by atoms with E-state index in [4.69, 9.17) is 4.74 Å². The molecule has 1 saturated heterocycles. The zero-order valence-corrected chi connectivity index (χ0v) is 19.8. The van der Waals surface area contributed by atoms with Crippen LogP contribution in [-0.2, 0) is 20.9 Å². The van der Waals surface area contributed by atoms with Gasteiger partial charge in [-0.25, -0.2) is 0 Å². The third-order valence-corrected chi connectivity index (χ3v) is 7.37. The van der Waals surface area contributed by atoms with E-state index in [2.05, 4.69) is 16.3 Å². The van der Waals surface area contributed by atoms with Gasteiger partial charge < -0.3 is 19.7 Å². The normalized spacial score (nSPS) is 17.3. The molecule has 1 aromatic carbocycles. The lowest BCUT2D eigenvalue weighted by Crippen LogP contribution is -2.37. The van der Waals surface area contributed by atoms with Crippen LogP contribution < -0.4 is 5.32 Å². The van der Waals surface area contributed by atoms with Crippen LogP contribution in [0, 0.1) is 0 Å². The lowest BCUT2D eigenvalue weighted by atomic mass is 10.1. The minimum absolute atomic E-state index is 0.112. The van der Waals surface area contributed by atoms with Crippen molar-refractivity contribution in [2.75, 3.05) is 45.6 Å². The summed E-state index contributed by atoms with van der Waals surface area (Å²) in [6.45, 7) is 5.44. The van der Waals surface area contributed by atoms with Gasteiger partial charge in [0.1, 0.15) is 6.29 Å². The fourth-order valence-electron chi connectivity index (χ4n) is 4.23. The highest BCUT2D eigenvalue weighted by molar-refractivity contribution is 7.99. The van der Waals surface area contributed by atoms with Gasteiger partial charge in [0.25, 0.3) is 5.91 Å². The Balaban J connectivity index is 1.43. The molecule has 7 nitrogen and oxygen atoms in total. The Morgan fingerprint density at radius 2 is 2.00 bits per heavy atom. The molecule has 8 heteroatoms. The topological polar surface area (TPSA) is 79.0 Å². The molecular formula is C24H35N3O4S. The van der Waals surface area contributed by atoms with Crippen molar-refractivity contribution in [2.24, 2.45) is 0 Å². The van der Waals surface area contributed by atoms with Crippen LogP contribution in [0.3, 0.4) is 0 Å². The molecule has 2 aliphatic rings. The summed E-state index contributed by atoms with van der Waals surface area (Å²) >= 11 is 1.80. The van der Waals surface area contributed by atoms with Crippen molar-refractivity contribution in [3.8, 4) is 0 Å². The molecule has 0 spiro atoms. The highest BCUT2D eigenvalue weighted by Gasteiger charge is 2.34. The van der Waals surface area contributed by atoms with E-state index < -0.39 is 6.04 Å². The monoisotopic (exact) mass is 461 g/mol. The SMILES string of the molecule is CNC(=O)CCC(C=O)N1Cc2c(SCCCCCCN3CCOCC3)cccc2C1=O. The van der Waals surface area contributed by atoms with Crippen LogP contribution in [0.1, 0.15) is 54.4 Å². The van der Waals surface area contributed by atoms with Crippen LogP contribution >= 0.6 is 11.8 Å². The largest absolute Gasteiger partial charge is 0.379 e. The Hall–Kier alpha value is -1.90. The smallest absolute Gasteiger partial charge is 0.255 e. The van der Waals surface area contributed by atoms with E-state index in [1.54, 1.807) is 23.7 Å². The summed E-state index contributed by atoms with van der Waals surface area (Å²) in [6.07, 6.45) is 6.20. The van der Waals surface area contributed by atoms with Crippen molar-refractivity contribution in [2.45, 2.75) is 56.0 Å². The van der Waals surface area contributed by atoms with Crippen molar-refractivity contribution < 1.29 is 19.1 Å². The van der Waals surface area contributed by atoms with E-state index in [1.807, 2.05) is 12.1 Å². The van der Waals surface area contributed by atoms with E-state index in [1.165, 1.54) is 25.8 Å². The second kappa shape index (κ2) is 13.0. The Bertz CT molecular complexity index is 783. The number of carbonyl (C=O) groups is 3. The van der Waals surface area contributed by atoms with Gasteiger partial charge in [-0.15, -0.1) is 11.8 Å². The number of rotatable bonds is 13. The molecule has 2 aliphatic heterocycles. The number of benzene rings is 1. The van der Waals surface area contributed by atoms with Gasteiger partial charge in [0.15, 0.2) is 0 Å². The average molecular weight is 462 g/mol. The summed E-state index contributed by atoms with van der Waals surface area (Å²) in [5.74, 6) is 0.789. The van der Waals surface area contributed by atoms with Crippen LogP contribution in [0.25, 0.3) is 0 Å². The van der Waals surface area contributed by atoms with Gasteiger partial charge in [0.2, 0.25) is 5.91 Å². The van der Waals surface area contributed by atoms with Crippen molar-refractivity contribution in [3.63, 3.8) is 0 Å². The number of hydrogen-bond donors (Lipinski definition) is 1. The van der Waals surface area contributed by atoms with E-state index in [0.717, 1.165) is 55.2 Å². The maximum atomic E-state index is 12.9. The standard InChI is InChI=1S/C24H35N3O4S/c1-25-23(29)10-9-19(18-28)27-17-21-20(24(27)30)7-6-8-22(21)32-16-5-3-2-4-11-26-12-14-31-15-13-26/h6-8,18-19H,2-5,9-17H2,1H3,(H,25,29). The molecule has 0 bridgehead atoms. The number of morpholine rings is 1. The number of carbonyl (C=O) groups excluding carboxylic acids is 3. The predicted octanol–water partition coefficient (Wildman–Crippen LogP) is 2.72. The maximum absolute atomic E-state index is 12.9. The number of nitrogens with one attached hydrogen (secondary N) is 1. The highest BCUT2D eigenvalue weighted by atomic mass is 32.2. The van der Waals surface area contributed by atoms with E-state index in [-0.39, 0.29) is 18.2 Å². The number of nitrogens with zero attached hydrogens (tertiary/aromatic N) is 2. The number of thioether (sulfide) groups is 1. The van der Waals surface area contributed by atoms with Crippen molar-refractivity contribution in [1.29, 1.82) is 0 Å². The van der Waals surface area contributed by atoms with Gasteiger partial charge in [0.05, 0.1) is 19.3 Å². The molecule has 176 valence electrons. The molecule has 2 heterocycles. The van der Waals surface area contributed by atoms with Gasteiger partial charge in [-0.2, -0.15) is 0 Å². The molecule has 1 atom stereocenters. The number of ether oxygens (including phenoxy) is 1. The van der Waals surface area contributed by atoms with E-state index in [9.17, 15) is 14.4 Å². The summed E-state index contributed by atoms with van der Waals surface area (Å²) < 4.78 is 5.39. The fraction of sp³-hybridized carbons (Fsp3) is 0.625. The number of fused-ring (bicyclic) bond motifs is 1.